The highest BCUT2D eigenvalue weighted by Gasteiger charge is 2.45. The summed E-state index contributed by atoms with van der Waals surface area (Å²) in [7, 11) is 5.04. The molecular formula is C35H54N6O6S2. The molecule has 1 amide bonds. The van der Waals surface area contributed by atoms with Gasteiger partial charge in [0.05, 0.1) is 25.1 Å². The molecule has 3 heterocycles. The Morgan fingerprint density at radius 3 is 2.71 bits per heavy atom. The molecule has 14 heteroatoms. The molecule has 0 aliphatic carbocycles. The third-order valence-corrected chi connectivity index (χ3v) is 11.8. The van der Waals surface area contributed by atoms with Gasteiger partial charge in [-0.15, -0.1) is 0 Å². The highest BCUT2D eigenvalue weighted by atomic mass is 33.1. The fourth-order valence-electron chi connectivity index (χ4n) is 7.11. The van der Waals surface area contributed by atoms with Crippen LogP contribution in [0.1, 0.15) is 82.3 Å². The Kier molecular flexibility index (Phi) is 14.7. The number of aryl methyl sites for hydroxylation is 1. The molecule has 1 fully saturated rings. The van der Waals surface area contributed by atoms with Crippen LogP contribution in [0.25, 0.3) is 0 Å². The minimum Gasteiger partial charge on any atom is -0.504 e. The third-order valence-electron chi connectivity index (χ3n) is 9.27. The summed E-state index contributed by atoms with van der Waals surface area (Å²) in [5, 5.41) is 25.1. The Morgan fingerprint density at radius 2 is 1.98 bits per heavy atom. The molecule has 4 rings (SSSR count). The number of fused-ring (bicyclic) bond motifs is 4. The number of carbonyl (C=O) groups excluding carboxylic acids is 2. The highest BCUT2D eigenvalue weighted by Crippen LogP contribution is 2.45. The Morgan fingerprint density at radius 1 is 1.18 bits per heavy atom. The number of allylic oxidation sites excluding steroid dienone is 2. The predicted molar refractivity (Wildman–Crippen MR) is 197 cm³/mol. The van der Waals surface area contributed by atoms with E-state index in [0.717, 1.165) is 42.6 Å². The van der Waals surface area contributed by atoms with Gasteiger partial charge >= 0.3 is 5.97 Å². The van der Waals surface area contributed by atoms with Gasteiger partial charge < -0.3 is 47.1 Å². The van der Waals surface area contributed by atoms with Gasteiger partial charge in [0.2, 0.25) is 5.91 Å². The van der Waals surface area contributed by atoms with E-state index in [0.29, 0.717) is 80.9 Å². The second-order valence-electron chi connectivity index (χ2n) is 13.5. The Bertz CT molecular complexity index is 1390. The number of guanidine groups is 1. The van der Waals surface area contributed by atoms with Crippen LogP contribution in [-0.4, -0.2) is 82.9 Å². The molecule has 4 bridgehead atoms. The van der Waals surface area contributed by atoms with Gasteiger partial charge in [-0.2, -0.15) is 0 Å². The van der Waals surface area contributed by atoms with Crippen LogP contribution in [0.3, 0.4) is 0 Å². The normalized spacial score (nSPS) is 26.5. The number of amides is 1. The number of nitrogens with two attached hydrogens (primary N) is 3. The summed E-state index contributed by atoms with van der Waals surface area (Å²) in [5.41, 5.74) is 20.0. The molecule has 1 aromatic rings. The number of hydrogen-bond acceptors (Lipinski definition) is 11. The van der Waals surface area contributed by atoms with Crippen molar-refractivity contribution >= 4 is 39.4 Å². The number of phenols is 1. The SMILES string of the molecule is COc1cc2cc(c1O)CN1CC(CC3=CCNC(N)=C3)(CC1=O)CC(N=C(N)N)CSSCCCCCCC(O)CC(OC(C)=O)CC2. The Labute approximate surface area is 298 Å². The molecule has 272 valence electrons. The number of ether oxygens (including phenoxy) is 2. The maximum atomic E-state index is 13.8. The molecule has 4 unspecified atom stereocenters. The van der Waals surface area contributed by atoms with E-state index in [-0.39, 0.29) is 36.2 Å². The first-order valence-corrected chi connectivity index (χ1v) is 19.7. The summed E-state index contributed by atoms with van der Waals surface area (Å²) in [6.45, 7) is 2.65. The van der Waals surface area contributed by atoms with Crippen LogP contribution in [0.4, 0.5) is 0 Å². The zero-order valence-corrected chi connectivity index (χ0v) is 30.5. The summed E-state index contributed by atoms with van der Waals surface area (Å²) in [6, 6.07) is 3.47. The molecule has 49 heavy (non-hydrogen) atoms. The lowest BCUT2D eigenvalue weighted by atomic mass is 9.75. The molecule has 0 spiro atoms. The first-order chi connectivity index (χ1) is 23.4. The molecule has 1 saturated heterocycles. The Hall–Kier alpha value is -3.23. The van der Waals surface area contributed by atoms with Gasteiger partial charge in [0.1, 0.15) is 6.10 Å². The second kappa shape index (κ2) is 18.7. The van der Waals surface area contributed by atoms with Crippen molar-refractivity contribution in [3.8, 4) is 11.5 Å². The number of rotatable bonds is 5. The smallest absolute Gasteiger partial charge is 0.302 e. The number of nitrogens with zero attached hydrogens (tertiary/aromatic N) is 2. The average molecular weight is 719 g/mol. The molecule has 3 aliphatic rings. The van der Waals surface area contributed by atoms with Crippen molar-refractivity contribution in [2.45, 2.75) is 102 Å². The number of aliphatic imine (C=N–C) groups is 1. The predicted octanol–water partition coefficient (Wildman–Crippen LogP) is 3.83. The van der Waals surface area contributed by atoms with Crippen LogP contribution in [0, 0.1) is 5.41 Å². The number of methoxy groups -OCH3 is 1. The van der Waals surface area contributed by atoms with Crippen LogP contribution in [0.15, 0.2) is 40.7 Å². The van der Waals surface area contributed by atoms with E-state index in [1.807, 2.05) is 12.1 Å². The molecule has 0 saturated carbocycles. The molecule has 9 N–H and O–H groups in total. The molecule has 3 aliphatic heterocycles. The van der Waals surface area contributed by atoms with E-state index in [1.165, 1.54) is 14.0 Å². The van der Waals surface area contributed by atoms with Crippen molar-refractivity contribution in [3.05, 3.63) is 46.8 Å². The number of aromatic hydroxyl groups is 1. The number of phenolic OH excluding ortho intramolecular Hbond substituents is 1. The molecule has 1 aromatic carbocycles. The van der Waals surface area contributed by atoms with Gasteiger partial charge in [0.15, 0.2) is 17.5 Å². The maximum absolute atomic E-state index is 13.8. The zero-order valence-electron chi connectivity index (χ0n) is 28.8. The summed E-state index contributed by atoms with van der Waals surface area (Å²) in [5.74, 6) is 2.21. The van der Waals surface area contributed by atoms with Gasteiger partial charge in [-0.25, -0.2) is 4.99 Å². The molecule has 0 aromatic heterocycles. The van der Waals surface area contributed by atoms with Gasteiger partial charge in [0.25, 0.3) is 0 Å². The van der Waals surface area contributed by atoms with Crippen LogP contribution >= 0.6 is 21.6 Å². The van der Waals surface area contributed by atoms with Crippen molar-refractivity contribution in [1.29, 1.82) is 0 Å². The van der Waals surface area contributed by atoms with Gasteiger partial charge in [-0.05, 0) is 61.8 Å². The lowest BCUT2D eigenvalue weighted by molar-refractivity contribution is -0.148. The van der Waals surface area contributed by atoms with E-state index >= 15 is 0 Å². The quantitative estimate of drug-likeness (QED) is 0.112. The fraction of sp³-hybridized carbons (Fsp3) is 0.629. The zero-order chi connectivity index (χ0) is 35.4. The third kappa shape index (κ3) is 12.2. The summed E-state index contributed by atoms with van der Waals surface area (Å²) >= 11 is 0. The van der Waals surface area contributed by atoms with Crippen LogP contribution < -0.4 is 27.3 Å². The number of hydrogen-bond donors (Lipinski definition) is 6. The summed E-state index contributed by atoms with van der Waals surface area (Å²) in [4.78, 5) is 32.2. The van der Waals surface area contributed by atoms with E-state index < -0.39 is 17.6 Å². The van der Waals surface area contributed by atoms with Gasteiger partial charge in [-0.3, -0.25) is 9.59 Å². The molecule has 4 atom stereocenters. The average Bonchev–Trinajstić information content (AvgIpc) is 3.32. The molecular weight excluding hydrogens is 665 g/mol. The minimum absolute atomic E-state index is 0.0147. The number of carbonyl (C=O) groups is 2. The number of aliphatic hydroxyl groups excluding tert-OH is 1. The second-order valence-corrected chi connectivity index (χ2v) is 16.2. The van der Waals surface area contributed by atoms with Gasteiger partial charge in [-0.1, -0.05) is 53.0 Å². The van der Waals surface area contributed by atoms with Crippen LogP contribution in [0.5, 0.6) is 11.5 Å². The lowest BCUT2D eigenvalue weighted by Gasteiger charge is -2.33. The summed E-state index contributed by atoms with van der Waals surface area (Å²) < 4.78 is 11.1. The Balaban J connectivity index is 1.65. The minimum atomic E-state index is -0.567. The monoisotopic (exact) mass is 718 g/mol. The number of benzene rings is 1. The van der Waals surface area contributed by atoms with Crippen molar-refractivity contribution in [2.24, 2.45) is 27.6 Å². The van der Waals surface area contributed by atoms with E-state index in [2.05, 4.69) is 16.4 Å². The van der Waals surface area contributed by atoms with Crippen molar-refractivity contribution in [2.75, 3.05) is 31.7 Å². The number of esters is 1. The fourth-order valence-corrected chi connectivity index (χ4v) is 9.47. The molecule has 0 radical (unpaired) electrons. The van der Waals surface area contributed by atoms with Crippen LogP contribution in [-0.2, 0) is 27.3 Å². The number of dihydropyridines is 1. The topological polar surface area (TPSA) is 199 Å². The number of nitrogens with one attached hydrogen (secondary N) is 1. The van der Waals surface area contributed by atoms with E-state index in [9.17, 15) is 19.8 Å². The number of aliphatic hydroxyl groups is 1. The summed E-state index contributed by atoms with van der Waals surface area (Å²) in [6.07, 6.45) is 10.7. The van der Waals surface area contributed by atoms with E-state index in [4.69, 9.17) is 26.7 Å². The van der Waals surface area contributed by atoms with Crippen molar-refractivity contribution in [3.63, 3.8) is 0 Å². The standard InChI is InChI=1S/C35H54N6O6S2/c1-23(42)47-29-9-8-24-13-26(33(45)30(14-24)46-2)20-41-22-35(19-32(41)44,17-25-10-11-39-31(36)15-25)18-27(40-34(37)38)21-49-48-12-6-4-3-5-7-28(43)16-29/h10,13-15,27-29,39,43,45H,3-9,11-12,16-22,36H2,1-2H3,(H4,37,38,40). The largest absolute Gasteiger partial charge is 0.504 e. The van der Waals surface area contributed by atoms with Crippen molar-refractivity contribution in [1.82, 2.24) is 10.2 Å². The van der Waals surface area contributed by atoms with Crippen molar-refractivity contribution < 1.29 is 29.3 Å². The molecule has 12 nitrogen and oxygen atoms in total. The first kappa shape index (κ1) is 38.6. The maximum Gasteiger partial charge on any atom is 0.302 e. The highest BCUT2D eigenvalue weighted by molar-refractivity contribution is 8.76. The van der Waals surface area contributed by atoms with Crippen LogP contribution in [0.2, 0.25) is 0 Å². The first-order valence-electron chi connectivity index (χ1n) is 17.2. The van der Waals surface area contributed by atoms with E-state index in [1.54, 1.807) is 32.6 Å². The van der Waals surface area contributed by atoms with Gasteiger partial charge in [0, 0.05) is 61.9 Å². The lowest BCUT2D eigenvalue weighted by Crippen LogP contribution is -2.34.